The van der Waals surface area contributed by atoms with Crippen LogP contribution in [0.1, 0.15) is 36.5 Å². The molecule has 0 bridgehead atoms. The molecule has 3 aromatic rings. The second-order valence-electron chi connectivity index (χ2n) is 6.65. The molecule has 3 heterocycles. The molecular weight excluding hydrogens is 330 g/mol. The van der Waals surface area contributed by atoms with E-state index >= 15 is 0 Å². The minimum absolute atomic E-state index is 0.0905. The number of nitrogen functional groups attached to an aromatic ring is 1. The minimum Gasteiger partial charge on any atom is -0.384 e. The fourth-order valence-electron chi connectivity index (χ4n) is 3.44. The molecule has 0 spiro atoms. The largest absolute Gasteiger partial charge is 0.384 e. The van der Waals surface area contributed by atoms with E-state index in [1.165, 1.54) is 0 Å². The summed E-state index contributed by atoms with van der Waals surface area (Å²) in [4.78, 5) is 22.2. The van der Waals surface area contributed by atoms with E-state index in [2.05, 4.69) is 5.32 Å². The molecule has 1 amide bonds. The first-order valence-electron chi connectivity index (χ1n) is 9.13. The zero-order valence-corrected chi connectivity index (χ0v) is 14.9. The zero-order valence-electron chi connectivity index (χ0n) is 14.9. The van der Waals surface area contributed by atoms with E-state index in [4.69, 9.17) is 20.4 Å². The summed E-state index contributed by atoms with van der Waals surface area (Å²) in [5.41, 5.74) is 9.52. The van der Waals surface area contributed by atoms with Gasteiger partial charge in [-0.3, -0.25) is 4.79 Å². The monoisotopic (exact) mass is 353 g/mol. The van der Waals surface area contributed by atoms with Crippen molar-refractivity contribution in [1.29, 1.82) is 0 Å². The topological polar surface area (TPSA) is 95.1 Å². The van der Waals surface area contributed by atoms with E-state index in [-0.39, 0.29) is 12.0 Å². The van der Waals surface area contributed by atoms with Gasteiger partial charge in [0.2, 0.25) is 0 Å². The number of nitrogens with two attached hydrogens (primary N) is 1. The quantitative estimate of drug-likeness (QED) is 0.735. The minimum atomic E-state index is -0.204. The second-order valence-corrected chi connectivity index (χ2v) is 6.65. The van der Waals surface area contributed by atoms with Crippen molar-refractivity contribution in [3.63, 3.8) is 0 Å². The van der Waals surface area contributed by atoms with Gasteiger partial charge in [0.05, 0.1) is 23.7 Å². The van der Waals surface area contributed by atoms with Gasteiger partial charge in [-0.25, -0.2) is 9.97 Å². The summed E-state index contributed by atoms with van der Waals surface area (Å²) < 4.78 is 7.64. The molecule has 2 aromatic heterocycles. The summed E-state index contributed by atoms with van der Waals surface area (Å²) in [6.45, 7) is 3.95. The Morgan fingerprint density at radius 2 is 2.12 bits per heavy atom. The van der Waals surface area contributed by atoms with Gasteiger partial charge in [-0.2, -0.15) is 0 Å². The molecule has 1 aliphatic heterocycles. The Bertz CT molecular complexity index is 959. The van der Waals surface area contributed by atoms with Gasteiger partial charge in [0.1, 0.15) is 16.9 Å². The summed E-state index contributed by atoms with van der Waals surface area (Å²) in [6.07, 6.45) is 2.97. The van der Waals surface area contributed by atoms with Crippen LogP contribution in [-0.2, 0) is 11.3 Å². The predicted molar refractivity (Wildman–Crippen MR) is 101 cm³/mol. The number of nitrogens with zero attached hydrogens (tertiary/aromatic N) is 3. The molecule has 7 heteroatoms. The summed E-state index contributed by atoms with van der Waals surface area (Å²) in [5.74, 6) is 0.199. The molecule has 0 saturated carbocycles. The Hall–Kier alpha value is -2.67. The number of carbonyl (C=O) groups is 1. The molecule has 1 atom stereocenters. The van der Waals surface area contributed by atoms with E-state index in [0.29, 0.717) is 35.6 Å². The zero-order chi connectivity index (χ0) is 18.1. The molecular formula is C19H23N5O2. The van der Waals surface area contributed by atoms with E-state index in [9.17, 15) is 4.79 Å². The van der Waals surface area contributed by atoms with Gasteiger partial charge in [0.25, 0.3) is 5.91 Å². The van der Waals surface area contributed by atoms with Crippen LogP contribution in [0.4, 0.5) is 5.82 Å². The Balaban J connectivity index is 1.88. The molecule has 0 aliphatic carbocycles. The number of fused-ring (bicyclic) bond motifs is 2. The highest BCUT2D eigenvalue weighted by Crippen LogP contribution is 2.29. The van der Waals surface area contributed by atoms with Crippen LogP contribution < -0.4 is 11.1 Å². The van der Waals surface area contributed by atoms with Crippen LogP contribution in [0.3, 0.4) is 0 Å². The lowest BCUT2D eigenvalue weighted by Crippen LogP contribution is -2.25. The van der Waals surface area contributed by atoms with Crippen LogP contribution in [0.2, 0.25) is 0 Å². The number of para-hydroxylation sites is 2. The molecule has 1 fully saturated rings. The lowest BCUT2D eigenvalue weighted by atomic mass is 10.2. The number of hydrogen-bond donors (Lipinski definition) is 2. The third-order valence-corrected chi connectivity index (χ3v) is 4.76. The van der Waals surface area contributed by atoms with Gasteiger partial charge in [-0.15, -0.1) is 0 Å². The smallest absolute Gasteiger partial charge is 0.257 e. The molecule has 7 nitrogen and oxygen atoms in total. The van der Waals surface area contributed by atoms with Crippen LogP contribution in [0.15, 0.2) is 24.3 Å². The SMILES string of the molecule is CCCNC(=O)c1c(N)n(C[C@@H]2CCCO2)c2nc3ccccc3nc12. The number of carbonyl (C=O) groups excluding carboxylic acids is 1. The van der Waals surface area contributed by atoms with Gasteiger partial charge in [0, 0.05) is 13.2 Å². The van der Waals surface area contributed by atoms with Crippen molar-refractivity contribution in [1.82, 2.24) is 19.9 Å². The number of nitrogens with one attached hydrogen (secondary N) is 1. The van der Waals surface area contributed by atoms with E-state index in [1.54, 1.807) is 0 Å². The van der Waals surface area contributed by atoms with Crippen molar-refractivity contribution in [2.45, 2.75) is 38.8 Å². The maximum Gasteiger partial charge on any atom is 0.257 e. The Labute approximate surface area is 151 Å². The molecule has 3 N–H and O–H groups in total. The summed E-state index contributed by atoms with van der Waals surface area (Å²) in [6, 6.07) is 7.64. The van der Waals surface area contributed by atoms with E-state index in [1.807, 2.05) is 35.8 Å². The highest BCUT2D eigenvalue weighted by molar-refractivity contribution is 6.10. The first-order valence-corrected chi connectivity index (χ1v) is 9.13. The van der Waals surface area contributed by atoms with Crippen LogP contribution in [0.5, 0.6) is 0 Å². The molecule has 26 heavy (non-hydrogen) atoms. The van der Waals surface area contributed by atoms with Gasteiger partial charge in [-0.1, -0.05) is 19.1 Å². The molecule has 1 aromatic carbocycles. The number of hydrogen-bond acceptors (Lipinski definition) is 5. The van der Waals surface area contributed by atoms with Crippen molar-refractivity contribution >= 4 is 33.9 Å². The van der Waals surface area contributed by atoms with Gasteiger partial charge >= 0.3 is 0 Å². The fraction of sp³-hybridized carbons (Fsp3) is 0.421. The van der Waals surface area contributed by atoms with Crippen molar-refractivity contribution in [2.75, 3.05) is 18.9 Å². The first-order chi connectivity index (χ1) is 12.7. The number of benzene rings is 1. The normalized spacial score (nSPS) is 17.2. The lowest BCUT2D eigenvalue weighted by molar-refractivity contribution is 0.0949. The van der Waals surface area contributed by atoms with Crippen molar-refractivity contribution in [3.8, 4) is 0 Å². The van der Waals surface area contributed by atoms with Gasteiger partial charge in [-0.05, 0) is 31.4 Å². The number of anilines is 1. The third-order valence-electron chi connectivity index (χ3n) is 4.76. The van der Waals surface area contributed by atoms with Crippen LogP contribution in [0.25, 0.3) is 22.2 Å². The fourth-order valence-corrected chi connectivity index (χ4v) is 3.44. The maximum absolute atomic E-state index is 12.7. The van der Waals surface area contributed by atoms with Crippen LogP contribution >= 0.6 is 0 Å². The predicted octanol–water partition coefficient (Wildman–Crippen LogP) is 2.49. The first kappa shape index (κ1) is 16.8. The molecule has 0 unspecified atom stereocenters. The van der Waals surface area contributed by atoms with Crippen molar-refractivity contribution < 1.29 is 9.53 Å². The highest BCUT2D eigenvalue weighted by atomic mass is 16.5. The number of amides is 1. The highest BCUT2D eigenvalue weighted by Gasteiger charge is 2.26. The lowest BCUT2D eigenvalue weighted by Gasteiger charge is -2.13. The number of rotatable bonds is 5. The molecule has 1 aliphatic rings. The number of aromatic nitrogens is 3. The van der Waals surface area contributed by atoms with Crippen LogP contribution in [0, 0.1) is 0 Å². The van der Waals surface area contributed by atoms with Crippen molar-refractivity contribution in [2.24, 2.45) is 0 Å². The van der Waals surface area contributed by atoms with Gasteiger partial charge < -0.3 is 20.4 Å². The molecule has 4 rings (SSSR count). The Morgan fingerprint density at radius 1 is 1.35 bits per heavy atom. The summed E-state index contributed by atoms with van der Waals surface area (Å²) >= 11 is 0. The van der Waals surface area contributed by atoms with E-state index in [0.717, 1.165) is 36.9 Å². The van der Waals surface area contributed by atoms with Crippen LogP contribution in [-0.4, -0.2) is 39.7 Å². The Morgan fingerprint density at radius 3 is 2.81 bits per heavy atom. The maximum atomic E-state index is 12.7. The third kappa shape index (κ3) is 2.88. The Kier molecular flexibility index (Phi) is 4.46. The molecule has 0 radical (unpaired) electrons. The molecule has 1 saturated heterocycles. The molecule has 136 valence electrons. The summed E-state index contributed by atoms with van der Waals surface area (Å²) in [5, 5.41) is 2.91. The van der Waals surface area contributed by atoms with Gasteiger partial charge in [0.15, 0.2) is 5.65 Å². The number of ether oxygens (including phenoxy) is 1. The average molecular weight is 353 g/mol. The average Bonchev–Trinajstić information content (AvgIpc) is 3.25. The van der Waals surface area contributed by atoms with Crippen molar-refractivity contribution in [3.05, 3.63) is 29.8 Å². The standard InChI is InChI=1S/C19H23N5O2/c1-2-9-21-19(25)15-16-18(23-14-8-4-3-7-13(14)22-16)24(17(15)20)11-12-6-5-10-26-12/h3-4,7-8,12H,2,5-6,9-11,20H2,1H3,(H,21,25)/t12-/m0/s1. The summed E-state index contributed by atoms with van der Waals surface area (Å²) in [7, 11) is 0. The van der Waals surface area contributed by atoms with E-state index < -0.39 is 0 Å². The second kappa shape index (κ2) is 6.92.